The second kappa shape index (κ2) is 9.78. The van der Waals surface area contributed by atoms with Crippen molar-refractivity contribution in [2.75, 3.05) is 13.2 Å². The molecule has 0 saturated heterocycles. The summed E-state index contributed by atoms with van der Waals surface area (Å²) in [5.41, 5.74) is 5.65. The molecule has 0 unspecified atom stereocenters. The molecule has 0 spiro atoms. The van der Waals surface area contributed by atoms with Crippen molar-refractivity contribution < 1.29 is 9.53 Å². The Hall–Kier alpha value is -2.46. The van der Waals surface area contributed by atoms with Crippen LogP contribution in [0.15, 0.2) is 66.7 Å². The lowest BCUT2D eigenvalue weighted by molar-refractivity contribution is 0.143. The number of alkyl carbamates (subject to hydrolysis) is 1. The molecule has 0 aromatic heterocycles. The van der Waals surface area contributed by atoms with E-state index in [-0.39, 0.29) is 5.92 Å². The number of hydrogen-bond acceptors (Lipinski definition) is 2. The van der Waals surface area contributed by atoms with Crippen molar-refractivity contribution in [3.05, 3.63) is 98.5 Å². The van der Waals surface area contributed by atoms with Gasteiger partial charge in [-0.15, -0.1) is 0 Å². The van der Waals surface area contributed by atoms with Gasteiger partial charge in [-0.05, 0) is 46.4 Å². The molecule has 3 aromatic rings. The van der Waals surface area contributed by atoms with E-state index in [1.807, 2.05) is 36.4 Å². The SMILES string of the molecule is O=C(NCCC=Cc1cc(Cl)c(Cl)c(Cl)c1)OCC1c2ccccc2-c2ccccc21. The predicted molar refractivity (Wildman–Crippen MR) is 128 cm³/mol. The Morgan fingerprint density at radius 2 is 1.52 bits per heavy atom. The Balaban J connectivity index is 1.28. The Bertz CT molecular complexity index is 1070. The molecule has 1 N–H and O–H groups in total. The highest BCUT2D eigenvalue weighted by molar-refractivity contribution is 6.48. The summed E-state index contributed by atoms with van der Waals surface area (Å²) in [4.78, 5) is 12.2. The van der Waals surface area contributed by atoms with Gasteiger partial charge >= 0.3 is 6.09 Å². The Kier molecular flexibility index (Phi) is 6.86. The number of hydrogen-bond donors (Lipinski definition) is 1. The lowest BCUT2D eigenvalue weighted by Crippen LogP contribution is -2.26. The van der Waals surface area contributed by atoms with Gasteiger partial charge in [-0.1, -0.05) is 95.5 Å². The molecule has 1 amide bonds. The fourth-order valence-corrected chi connectivity index (χ4v) is 4.41. The Labute approximate surface area is 196 Å². The smallest absolute Gasteiger partial charge is 0.407 e. The minimum Gasteiger partial charge on any atom is -0.449 e. The predicted octanol–water partition coefficient (Wildman–Crippen LogP) is 7.59. The van der Waals surface area contributed by atoms with E-state index < -0.39 is 6.09 Å². The first-order valence-electron chi connectivity index (χ1n) is 9.94. The average molecular weight is 473 g/mol. The van der Waals surface area contributed by atoms with Crippen molar-refractivity contribution in [3.63, 3.8) is 0 Å². The topological polar surface area (TPSA) is 38.3 Å². The van der Waals surface area contributed by atoms with Crippen molar-refractivity contribution in [2.45, 2.75) is 12.3 Å². The Morgan fingerprint density at radius 1 is 0.935 bits per heavy atom. The van der Waals surface area contributed by atoms with Crippen LogP contribution in [0.1, 0.15) is 29.0 Å². The maximum Gasteiger partial charge on any atom is 0.407 e. The van der Waals surface area contributed by atoms with Gasteiger partial charge in [-0.25, -0.2) is 4.79 Å². The lowest BCUT2D eigenvalue weighted by Gasteiger charge is -2.14. The van der Waals surface area contributed by atoms with Crippen LogP contribution in [0.5, 0.6) is 0 Å². The average Bonchev–Trinajstić information content (AvgIpc) is 3.09. The second-order valence-corrected chi connectivity index (χ2v) is 8.43. The molecule has 0 saturated carbocycles. The van der Waals surface area contributed by atoms with Crippen LogP contribution in [0.4, 0.5) is 4.79 Å². The van der Waals surface area contributed by atoms with Gasteiger partial charge in [0.1, 0.15) is 6.61 Å². The number of ether oxygens (including phenoxy) is 1. The van der Waals surface area contributed by atoms with Crippen molar-refractivity contribution in [1.29, 1.82) is 0 Å². The number of rotatable bonds is 6. The molecule has 0 atom stereocenters. The summed E-state index contributed by atoms with van der Waals surface area (Å²) in [5.74, 6) is 0.0532. The molecule has 1 aliphatic rings. The molecule has 0 fully saturated rings. The minimum atomic E-state index is -0.423. The molecule has 4 rings (SSSR count). The van der Waals surface area contributed by atoms with Gasteiger partial charge in [0.05, 0.1) is 15.1 Å². The van der Waals surface area contributed by atoms with Gasteiger partial charge in [0.15, 0.2) is 0 Å². The standard InChI is InChI=1S/C25H20Cl3NO2/c26-22-13-16(14-23(27)24(22)28)7-5-6-12-29-25(30)31-15-21-19-10-3-1-8-17(19)18-9-2-4-11-20(18)21/h1-5,7-11,13-14,21H,6,12,15H2,(H,29,30). The van der Waals surface area contributed by atoms with Crippen LogP contribution >= 0.6 is 34.8 Å². The van der Waals surface area contributed by atoms with E-state index in [1.54, 1.807) is 12.1 Å². The summed E-state index contributed by atoms with van der Waals surface area (Å²) in [6.07, 6.45) is 4.03. The van der Waals surface area contributed by atoms with Gasteiger partial charge in [-0.3, -0.25) is 0 Å². The van der Waals surface area contributed by atoms with Gasteiger partial charge in [0.25, 0.3) is 0 Å². The molecule has 0 heterocycles. The van der Waals surface area contributed by atoms with E-state index in [4.69, 9.17) is 39.5 Å². The summed E-state index contributed by atoms with van der Waals surface area (Å²) in [5, 5.41) is 3.95. The number of carbonyl (C=O) groups is 1. The van der Waals surface area contributed by atoms with Crippen molar-refractivity contribution >= 4 is 47.0 Å². The summed E-state index contributed by atoms with van der Waals surface area (Å²) in [6.45, 7) is 0.764. The molecular weight excluding hydrogens is 453 g/mol. The first kappa shape index (κ1) is 21.8. The first-order chi connectivity index (χ1) is 15.0. The van der Waals surface area contributed by atoms with E-state index in [0.717, 1.165) is 5.56 Å². The molecule has 0 aliphatic heterocycles. The number of halogens is 3. The number of fused-ring (bicyclic) bond motifs is 3. The fourth-order valence-electron chi connectivity index (χ4n) is 3.80. The molecule has 158 valence electrons. The quantitative estimate of drug-likeness (QED) is 0.296. The van der Waals surface area contributed by atoms with Crippen LogP contribution in [0, 0.1) is 0 Å². The highest BCUT2D eigenvalue weighted by Gasteiger charge is 2.28. The van der Waals surface area contributed by atoms with Crippen LogP contribution in [0.25, 0.3) is 17.2 Å². The van der Waals surface area contributed by atoms with Crippen molar-refractivity contribution in [3.8, 4) is 11.1 Å². The minimum absolute atomic E-state index is 0.0532. The van der Waals surface area contributed by atoms with Gasteiger partial charge in [-0.2, -0.15) is 0 Å². The number of nitrogens with one attached hydrogen (secondary N) is 1. The van der Waals surface area contributed by atoms with Crippen LogP contribution in [0.2, 0.25) is 15.1 Å². The zero-order chi connectivity index (χ0) is 21.8. The molecule has 3 nitrogen and oxygen atoms in total. The maximum absolute atomic E-state index is 12.2. The molecular formula is C25H20Cl3NO2. The van der Waals surface area contributed by atoms with Crippen LogP contribution in [-0.2, 0) is 4.74 Å². The van der Waals surface area contributed by atoms with E-state index in [2.05, 4.69) is 29.6 Å². The number of carbonyl (C=O) groups excluding carboxylic acids is 1. The van der Waals surface area contributed by atoms with Crippen LogP contribution < -0.4 is 5.32 Å². The number of benzene rings is 3. The van der Waals surface area contributed by atoms with E-state index in [0.29, 0.717) is 34.6 Å². The summed E-state index contributed by atoms with van der Waals surface area (Å²) in [6, 6.07) is 20.0. The second-order valence-electron chi connectivity index (χ2n) is 7.24. The van der Waals surface area contributed by atoms with E-state index in [1.165, 1.54) is 22.3 Å². The Morgan fingerprint density at radius 3 is 2.13 bits per heavy atom. The number of amides is 1. The largest absolute Gasteiger partial charge is 0.449 e. The first-order valence-corrected chi connectivity index (χ1v) is 11.1. The molecule has 6 heteroatoms. The van der Waals surface area contributed by atoms with Gasteiger partial charge < -0.3 is 10.1 Å². The zero-order valence-electron chi connectivity index (χ0n) is 16.6. The monoisotopic (exact) mass is 471 g/mol. The lowest BCUT2D eigenvalue weighted by atomic mass is 9.98. The highest BCUT2D eigenvalue weighted by atomic mass is 35.5. The molecule has 0 bridgehead atoms. The summed E-state index contributed by atoms with van der Waals surface area (Å²) >= 11 is 18.0. The van der Waals surface area contributed by atoms with E-state index in [9.17, 15) is 4.79 Å². The molecule has 1 aliphatic carbocycles. The fraction of sp³-hybridized carbons (Fsp3) is 0.160. The van der Waals surface area contributed by atoms with Crippen molar-refractivity contribution in [2.24, 2.45) is 0 Å². The maximum atomic E-state index is 12.2. The normalized spacial score (nSPS) is 12.6. The van der Waals surface area contributed by atoms with Gasteiger partial charge in [0.2, 0.25) is 0 Å². The van der Waals surface area contributed by atoms with E-state index >= 15 is 0 Å². The molecule has 3 aromatic carbocycles. The molecule has 0 radical (unpaired) electrons. The summed E-state index contributed by atoms with van der Waals surface area (Å²) in [7, 11) is 0. The van der Waals surface area contributed by atoms with Crippen LogP contribution in [0.3, 0.4) is 0 Å². The third-order valence-corrected chi connectivity index (χ3v) is 6.44. The highest BCUT2D eigenvalue weighted by Crippen LogP contribution is 2.44. The molecule has 31 heavy (non-hydrogen) atoms. The zero-order valence-corrected chi connectivity index (χ0v) is 18.8. The third kappa shape index (κ3) is 4.90. The summed E-state index contributed by atoms with van der Waals surface area (Å²) < 4.78 is 5.53. The van der Waals surface area contributed by atoms with Gasteiger partial charge in [0, 0.05) is 12.5 Å². The van der Waals surface area contributed by atoms with Crippen molar-refractivity contribution in [1.82, 2.24) is 5.32 Å². The third-order valence-electron chi connectivity index (χ3n) is 5.24. The van der Waals surface area contributed by atoms with Crippen LogP contribution in [-0.4, -0.2) is 19.2 Å².